The largest absolute Gasteiger partial charge is 0.394 e. The first kappa shape index (κ1) is 74.1. The minimum atomic E-state index is -1.58. The molecule has 1 amide bonds. The summed E-state index contributed by atoms with van der Waals surface area (Å²) < 4.78 is 11.3. The molecule has 9 heteroatoms. The van der Waals surface area contributed by atoms with Crippen LogP contribution in [0.25, 0.3) is 0 Å². The van der Waals surface area contributed by atoms with E-state index in [0.29, 0.717) is 6.42 Å². The Morgan fingerprint density at radius 1 is 0.443 bits per heavy atom. The molecule has 0 spiro atoms. The van der Waals surface area contributed by atoms with E-state index in [9.17, 15) is 30.3 Å². The third-order valence-electron chi connectivity index (χ3n) is 15.1. The SMILES string of the molecule is CC/C=C\C/C=C\C/C=C\C/C=C\C/C=C\C/C=C\CCCCCCCCCCCCCCCCCCCCC(=O)NC(COC1OC(CO)C(O)C(O)C1O)C(O)/C=C/CC/C=C/CCCCCCCCCCCCCCC. The first-order chi connectivity index (χ1) is 38.8. The van der Waals surface area contributed by atoms with Gasteiger partial charge < -0.3 is 40.3 Å². The lowest BCUT2D eigenvalue weighted by molar-refractivity contribution is -0.302. The van der Waals surface area contributed by atoms with Crippen molar-refractivity contribution in [2.45, 2.75) is 326 Å². The van der Waals surface area contributed by atoms with E-state index in [1.54, 1.807) is 6.08 Å². The van der Waals surface area contributed by atoms with Crippen LogP contribution >= 0.6 is 0 Å². The van der Waals surface area contributed by atoms with Crippen molar-refractivity contribution in [3.05, 3.63) is 97.2 Å². The fourth-order valence-electron chi connectivity index (χ4n) is 10.0. The molecule has 1 heterocycles. The molecule has 7 unspecified atom stereocenters. The van der Waals surface area contributed by atoms with Gasteiger partial charge in [-0.2, -0.15) is 0 Å². The van der Waals surface area contributed by atoms with Gasteiger partial charge in [0.2, 0.25) is 5.91 Å². The second-order valence-corrected chi connectivity index (χ2v) is 22.5. The third-order valence-corrected chi connectivity index (χ3v) is 15.1. The monoisotopic (exact) mass is 1110 g/mol. The zero-order valence-corrected chi connectivity index (χ0v) is 50.9. The fraction of sp³-hybridized carbons (Fsp3) is 0.757. The molecule has 9 nitrogen and oxygen atoms in total. The van der Waals surface area contributed by atoms with Crippen molar-refractivity contribution in [3.63, 3.8) is 0 Å². The van der Waals surface area contributed by atoms with E-state index in [1.165, 1.54) is 186 Å². The van der Waals surface area contributed by atoms with Crippen molar-refractivity contribution in [2.75, 3.05) is 13.2 Å². The van der Waals surface area contributed by atoms with E-state index in [2.05, 4.69) is 104 Å². The van der Waals surface area contributed by atoms with Crippen molar-refractivity contribution in [3.8, 4) is 0 Å². The maximum atomic E-state index is 13.1. The number of ether oxygens (including phenoxy) is 2. The molecule has 456 valence electrons. The molecule has 7 atom stereocenters. The number of aliphatic hydroxyl groups excluding tert-OH is 5. The summed E-state index contributed by atoms with van der Waals surface area (Å²) in [6.45, 7) is 3.67. The van der Waals surface area contributed by atoms with Crippen molar-refractivity contribution < 1.29 is 39.8 Å². The van der Waals surface area contributed by atoms with Crippen LogP contribution in [-0.2, 0) is 14.3 Å². The summed E-state index contributed by atoms with van der Waals surface area (Å²) in [5.74, 6) is -0.186. The molecule has 0 aliphatic carbocycles. The molecule has 6 N–H and O–H groups in total. The van der Waals surface area contributed by atoms with Crippen LogP contribution in [0.2, 0.25) is 0 Å². The number of allylic oxidation sites excluding steroid dienone is 15. The molecule has 1 fully saturated rings. The van der Waals surface area contributed by atoms with Gasteiger partial charge in [0.25, 0.3) is 0 Å². The summed E-state index contributed by atoms with van der Waals surface area (Å²) >= 11 is 0. The summed E-state index contributed by atoms with van der Waals surface area (Å²) in [5.41, 5.74) is 0. The van der Waals surface area contributed by atoms with Crippen molar-refractivity contribution in [1.29, 1.82) is 0 Å². The van der Waals surface area contributed by atoms with E-state index in [4.69, 9.17) is 9.47 Å². The molecule has 1 aliphatic rings. The summed E-state index contributed by atoms with van der Waals surface area (Å²) in [7, 11) is 0. The molecule has 79 heavy (non-hydrogen) atoms. The number of aliphatic hydroxyl groups is 5. The van der Waals surface area contributed by atoms with Gasteiger partial charge in [0.05, 0.1) is 25.4 Å². The van der Waals surface area contributed by atoms with Crippen LogP contribution in [-0.4, -0.2) is 87.5 Å². The lowest BCUT2D eigenvalue weighted by Crippen LogP contribution is -2.60. The average Bonchev–Trinajstić information content (AvgIpc) is 3.46. The number of unbranched alkanes of at least 4 members (excludes halogenated alkanes) is 32. The molecule has 0 aromatic carbocycles. The van der Waals surface area contributed by atoms with Gasteiger partial charge in [0.15, 0.2) is 6.29 Å². The second-order valence-electron chi connectivity index (χ2n) is 22.5. The predicted molar refractivity (Wildman–Crippen MR) is 336 cm³/mol. The molecule has 0 bridgehead atoms. The highest BCUT2D eigenvalue weighted by Gasteiger charge is 2.44. The first-order valence-corrected chi connectivity index (χ1v) is 33.0. The summed E-state index contributed by atoms with van der Waals surface area (Å²) in [5, 5.41) is 54.6. The number of hydrogen-bond donors (Lipinski definition) is 6. The normalized spacial score (nSPS) is 19.2. The molecule has 0 radical (unpaired) electrons. The highest BCUT2D eigenvalue weighted by Crippen LogP contribution is 2.23. The number of amides is 1. The number of carbonyl (C=O) groups is 1. The lowest BCUT2D eigenvalue weighted by atomic mass is 9.99. The van der Waals surface area contributed by atoms with Crippen LogP contribution in [0.1, 0.15) is 284 Å². The summed E-state index contributed by atoms with van der Waals surface area (Å²) in [4.78, 5) is 13.1. The Morgan fingerprint density at radius 3 is 1.22 bits per heavy atom. The molecular weight excluding hydrogens is 983 g/mol. The zero-order valence-electron chi connectivity index (χ0n) is 50.9. The number of nitrogens with one attached hydrogen (secondary N) is 1. The molecule has 1 aliphatic heterocycles. The first-order valence-electron chi connectivity index (χ1n) is 33.0. The molecule has 1 saturated heterocycles. The van der Waals surface area contributed by atoms with Crippen molar-refractivity contribution >= 4 is 5.91 Å². The van der Waals surface area contributed by atoms with Crippen LogP contribution in [0.5, 0.6) is 0 Å². The maximum Gasteiger partial charge on any atom is 0.220 e. The van der Waals surface area contributed by atoms with E-state index >= 15 is 0 Å². The maximum absolute atomic E-state index is 13.1. The van der Waals surface area contributed by atoms with Gasteiger partial charge in [-0.3, -0.25) is 4.79 Å². The van der Waals surface area contributed by atoms with Crippen LogP contribution < -0.4 is 5.32 Å². The van der Waals surface area contributed by atoms with Crippen LogP contribution in [0, 0.1) is 0 Å². The fourth-order valence-corrected chi connectivity index (χ4v) is 10.0. The quantitative estimate of drug-likeness (QED) is 0.0261. The zero-order chi connectivity index (χ0) is 57.2. The number of hydrogen-bond acceptors (Lipinski definition) is 8. The molecule has 1 rings (SSSR count). The standard InChI is InChI=1S/C70H123NO8/c1-3-5-7-9-11-13-15-17-19-21-23-24-25-26-27-28-29-30-31-32-33-34-35-36-37-38-39-40-42-44-46-48-50-52-54-56-58-60-66(74)71-63(62-78-70-69(77)68(76)67(75)65(61-72)79-70)64(73)59-57-55-53-51-49-47-45-43-41-22-20-18-16-14-12-10-8-6-4-2/h5,7,11,13,17,19,23-24,26-27,29-30,49,51,57,59,63-65,67-70,72-73,75-77H,3-4,6,8-10,12,14-16,18,20-22,25,28,31-48,50,52-56,58,60-62H2,1-2H3,(H,71,74)/b7-5-,13-11-,19-17-,24-23-,27-26-,30-29-,51-49+,59-57+. The number of carbonyl (C=O) groups excluding carboxylic acids is 1. The van der Waals surface area contributed by atoms with E-state index in [0.717, 1.165) is 77.0 Å². The summed E-state index contributed by atoms with van der Waals surface area (Å²) in [6, 6.07) is -0.826. The highest BCUT2D eigenvalue weighted by atomic mass is 16.7. The van der Waals surface area contributed by atoms with E-state index in [1.807, 2.05) is 6.08 Å². The van der Waals surface area contributed by atoms with Gasteiger partial charge in [-0.1, -0.05) is 291 Å². The van der Waals surface area contributed by atoms with E-state index in [-0.39, 0.29) is 12.5 Å². The predicted octanol–water partition coefficient (Wildman–Crippen LogP) is 17.5. The Kier molecular flexibility index (Phi) is 54.7. The van der Waals surface area contributed by atoms with Gasteiger partial charge >= 0.3 is 0 Å². The Bertz CT molecular complexity index is 1560. The van der Waals surface area contributed by atoms with Crippen LogP contribution in [0.4, 0.5) is 0 Å². The minimum Gasteiger partial charge on any atom is -0.394 e. The van der Waals surface area contributed by atoms with Gasteiger partial charge in [-0.15, -0.1) is 0 Å². The number of rotatable bonds is 56. The van der Waals surface area contributed by atoms with Gasteiger partial charge in [-0.25, -0.2) is 0 Å². The van der Waals surface area contributed by atoms with Crippen LogP contribution in [0.3, 0.4) is 0 Å². The summed E-state index contributed by atoms with van der Waals surface area (Å²) in [6.07, 6.45) is 77.9. The van der Waals surface area contributed by atoms with Crippen molar-refractivity contribution in [1.82, 2.24) is 5.32 Å². The van der Waals surface area contributed by atoms with E-state index < -0.39 is 49.5 Å². The lowest BCUT2D eigenvalue weighted by Gasteiger charge is -2.40. The Balaban J connectivity index is 2.13. The Morgan fingerprint density at radius 2 is 0.797 bits per heavy atom. The molecule has 0 saturated carbocycles. The topological polar surface area (TPSA) is 149 Å². The van der Waals surface area contributed by atoms with Crippen molar-refractivity contribution in [2.24, 2.45) is 0 Å². The smallest absolute Gasteiger partial charge is 0.220 e. The van der Waals surface area contributed by atoms with Crippen LogP contribution in [0.15, 0.2) is 97.2 Å². The molecular formula is C70H123NO8. The van der Waals surface area contributed by atoms with Gasteiger partial charge in [0.1, 0.15) is 24.4 Å². The highest BCUT2D eigenvalue weighted by molar-refractivity contribution is 5.76. The van der Waals surface area contributed by atoms with Gasteiger partial charge in [0, 0.05) is 6.42 Å². The van der Waals surface area contributed by atoms with Gasteiger partial charge in [-0.05, 0) is 83.5 Å². The second kappa shape index (κ2) is 58.3. The minimum absolute atomic E-state index is 0.186. The average molecular weight is 1110 g/mol. The Hall–Kier alpha value is -2.89. The Labute approximate surface area is 485 Å². The molecule has 0 aromatic rings. The molecule has 0 aromatic heterocycles. The third kappa shape index (κ3) is 47.3.